The zero-order chi connectivity index (χ0) is 13.5. The molecular formula is C14H22N2OS. The van der Waals surface area contributed by atoms with Gasteiger partial charge >= 0.3 is 0 Å². The van der Waals surface area contributed by atoms with Crippen molar-refractivity contribution in [3.05, 3.63) is 35.4 Å². The Bertz CT molecular complexity index is 393. The van der Waals surface area contributed by atoms with E-state index < -0.39 is 0 Å². The van der Waals surface area contributed by atoms with E-state index in [2.05, 4.69) is 36.5 Å². The van der Waals surface area contributed by atoms with Gasteiger partial charge in [-0.25, -0.2) is 0 Å². The number of benzene rings is 1. The Hall–Kier alpha value is -1.00. The summed E-state index contributed by atoms with van der Waals surface area (Å²) >= 11 is 1.67. The van der Waals surface area contributed by atoms with Gasteiger partial charge in [-0.2, -0.15) is 11.8 Å². The molecule has 100 valence electrons. The Morgan fingerprint density at radius 2 is 2.17 bits per heavy atom. The molecule has 3 nitrogen and oxygen atoms in total. The second-order valence-electron chi connectivity index (χ2n) is 4.56. The van der Waals surface area contributed by atoms with E-state index in [9.17, 15) is 4.79 Å². The highest BCUT2D eigenvalue weighted by molar-refractivity contribution is 7.99. The molecule has 1 rings (SSSR count). The summed E-state index contributed by atoms with van der Waals surface area (Å²) in [7, 11) is 5.54. The maximum absolute atomic E-state index is 11.5. The summed E-state index contributed by atoms with van der Waals surface area (Å²) in [6, 6.07) is 8.78. The largest absolute Gasteiger partial charge is 0.348 e. The summed E-state index contributed by atoms with van der Waals surface area (Å²) in [5, 5.41) is 3.30. The summed E-state index contributed by atoms with van der Waals surface area (Å²) in [4.78, 5) is 13.1. The number of hydrogen-bond acceptors (Lipinski definition) is 3. The molecule has 4 heteroatoms. The number of amides is 1. The summed E-state index contributed by atoms with van der Waals surface area (Å²) in [5.74, 6) is 1.61. The SMILES string of the molecule is CNC(CSCC(=O)N(C)C)c1cccc(C)c1. The highest BCUT2D eigenvalue weighted by atomic mass is 32.2. The molecule has 0 spiro atoms. The quantitative estimate of drug-likeness (QED) is 0.855. The lowest BCUT2D eigenvalue weighted by Gasteiger charge is -2.17. The van der Waals surface area contributed by atoms with Gasteiger partial charge in [-0.05, 0) is 19.5 Å². The number of rotatable bonds is 6. The van der Waals surface area contributed by atoms with Gasteiger partial charge in [0.25, 0.3) is 0 Å². The van der Waals surface area contributed by atoms with Crippen LogP contribution in [0.1, 0.15) is 17.2 Å². The molecule has 0 aliphatic rings. The summed E-state index contributed by atoms with van der Waals surface area (Å²) in [5.41, 5.74) is 2.55. The minimum Gasteiger partial charge on any atom is -0.348 e. The van der Waals surface area contributed by atoms with Gasteiger partial charge < -0.3 is 10.2 Å². The van der Waals surface area contributed by atoms with E-state index in [0.29, 0.717) is 11.8 Å². The van der Waals surface area contributed by atoms with Crippen molar-refractivity contribution in [1.82, 2.24) is 10.2 Å². The van der Waals surface area contributed by atoms with Crippen molar-refractivity contribution < 1.29 is 4.79 Å². The number of nitrogens with zero attached hydrogens (tertiary/aromatic N) is 1. The van der Waals surface area contributed by atoms with Crippen molar-refractivity contribution in [2.45, 2.75) is 13.0 Å². The van der Waals surface area contributed by atoms with Gasteiger partial charge in [0.2, 0.25) is 5.91 Å². The van der Waals surface area contributed by atoms with Gasteiger partial charge in [0.1, 0.15) is 0 Å². The molecule has 0 aromatic heterocycles. The molecule has 1 amide bonds. The molecule has 0 saturated carbocycles. The summed E-state index contributed by atoms with van der Waals surface area (Å²) < 4.78 is 0. The fraction of sp³-hybridized carbons (Fsp3) is 0.500. The second-order valence-corrected chi connectivity index (χ2v) is 5.59. The minimum atomic E-state index is 0.166. The molecule has 0 saturated heterocycles. The van der Waals surface area contributed by atoms with Crippen LogP contribution >= 0.6 is 11.8 Å². The third kappa shape index (κ3) is 4.70. The predicted molar refractivity (Wildman–Crippen MR) is 79.0 cm³/mol. The summed E-state index contributed by atoms with van der Waals surface area (Å²) in [6.45, 7) is 2.10. The molecule has 1 unspecified atom stereocenters. The van der Waals surface area contributed by atoms with E-state index in [4.69, 9.17) is 0 Å². The van der Waals surface area contributed by atoms with E-state index in [1.54, 1.807) is 30.8 Å². The predicted octanol–water partition coefficient (Wildman–Crippen LogP) is 2.08. The molecule has 1 aromatic rings. The lowest BCUT2D eigenvalue weighted by Crippen LogP contribution is -2.25. The first-order valence-electron chi connectivity index (χ1n) is 6.06. The maximum Gasteiger partial charge on any atom is 0.232 e. The first-order valence-corrected chi connectivity index (χ1v) is 7.21. The van der Waals surface area contributed by atoms with Crippen LogP contribution in [0.5, 0.6) is 0 Å². The minimum absolute atomic E-state index is 0.166. The van der Waals surface area contributed by atoms with Crippen LogP contribution in [0.15, 0.2) is 24.3 Å². The Kier molecular flexibility index (Phi) is 6.22. The summed E-state index contributed by atoms with van der Waals surface area (Å²) in [6.07, 6.45) is 0. The molecule has 1 N–H and O–H groups in total. The Morgan fingerprint density at radius 1 is 1.44 bits per heavy atom. The second kappa shape index (κ2) is 7.44. The van der Waals surface area contributed by atoms with Crippen LogP contribution in [0.25, 0.3) is 0 Å². The van der Waals surface area contributed by atoms with Crippen molar-refractivity contribution in [2.75, 3.05) is 32.6 Å². The normalized spacial score (nSPS) is 12.2. The molecule has 1 aromatic carbocycles. The fourth-order valence-corrected chi connectivity index (χ4v) is 2.77. The van der Waals surface area contributed by atoms with Crippen LogP contribution in [0.4, 0.5) is 0 Å². The number of thioether (sulfide) groups is 1. The Balaban J connectivity index is 2.50. The molecule has 18 heavy (non-hydrogen) atoms. The fourth-order valence-electron chi connectivity index (χ4n) is 1.63. The monoisotopic (exact) mass is 266 g/mol. The molecule has 0 aliphatic carbocycles. The molecule has 1 atom stereocenters. The van der Waals surface area contributed by atoms with Gasteiger partial charge in [-0.3, -0.25) is 4.79 Å². The zero-order valence-electron chi connectivity index (χ0n) is 11.6. The van der Waals surface area contributed by atoms with Crippen molar-refractivity contribution in [3.8, 4) is 0 Å². The van der Waals surface area contributed by atoms with Crippen molar-refractivity contribution >= 4 is 17.7 Å². The Labute approximate surface area is 114 Å². The van der Waals surface area contributed by atoms with Crippen LogP contribution in [0.2, 0.25) is 0 Å². The number of nitrogens with one attached hydrogen (secondary N) is 1. The van der Waals surface area contributed by atoms with E-state index in [0.717, 1.165) is 5.75 Å². The van der Waals surface area contributed by atoms with E-state index in [-0.39, 0.29) is 5.91 Å². The number of carbonyl (C=O) groups excluding carboxylic acids is 1. The van der Waals surface area contributed by atoms with Crippen molar-refractivity contribution in [3.63, 3.8) is 0 Å². The lowest BCUT2D eigenvalue weighted by atomic mass is 10.1. The number of hydrogen-bond donors (Lipinski definition) is 1. The molecule has 0 fully saturated rings. The van der Waals surface area contributed by atoms with E-state index in [1.165, 1.54) is 11.1 Å². The molecular weight excluding hydrogens is 244 g/mol. The number of carbonyl (C=O) groups is 1. The molecule has 0 heterocycles. The van der Waals surface area contributed by atoms with Gasteiger partial charge in [-0.15, -0.1) is 0 Å². The maximum atomic E-state index is 11.5. The third-order valence-electron chi connectivity index (χ3n) is 2.80. The van der Waals surface area contributed by atoms with Crippen LogP contribution in [0, 0.1) is 6.92 Å². The zero-order valence-corrected chi connectivity index (χ0v) is 12.4. The average Bonchev–Trinajstić information content (AvgIpc) is 2.34. The average molecular weight is 266 g/mol. The van der Waals surface area contributed by atoms with Crippen LogP contribution in [-0.4, -0.2) is 43.5 Å². The van der Waals surface area contributed by atoms with Crippen LogP contribution < -0.4 is 5.32 Å². The molecule has 0 bridgehead atoms. The van der Waals surface area contributed by atoms with Gasteiger partial charge in [0.05, 0.1) is 5.75 Å². The number of aryl methyl sites for hydroxylation is 1. The van der Waals surface area contributed by atoms with Crippen molar-refractivity contribution in [1.29, 1.82) is 0 Å². The third-order valence-corrected chi connectivity index (χ3v) is 3.82. The first-order chi connectivity index (χ1) is 8.54. The standard InChI is InChI=1S/C14H22N2OS/c1-11-6-5-7-12(8-11)13(15-2)9-18-10-14(17)16(3)4/h5-8,13,15H,9-10H2,1-4H3. The van der Waals surface area contributed by atoms with Crippen molar-refractivity contribution in [2.24, 2.45) is 0 Å². The lowest BCUT2D eigenvalue weighted by molar-refractivity contribution is -0.125. The highest BCUT2D eigenvalue weighted by Gasteiger charge is 2.11. The molecule has 0 radical (unpaired) electrons. The van der Waals surface area contributed by atoms with Crippen LogP contribution in [0.3, 0.4) is 0 Å². The van der Waals surface area contributed by atoms with Gasteiger partial charge in [0, 0.05) is 25.9 Å². The van der Waals surface area contributed by atoms with E-state index in [1.807, 2.05) is 7.05 Å². The van der Waals surface area contributed by atoms with Crippen LogP contribution in [-0.2, 0) is 4.79 Å². The topological polar surface area (TPSA) is 32.3 Å². The van der Waals surface area contributed by atoms with E-state index >= 15 is 0 Å². The smallest absolute Gasteiger partial charge is 0.232 e. The first kappa shape index (κ1) is 15.1. The highest BCUT2D eigenvalue weighted by Crippen LogP contribution is 2.19. The van der Waals surface area contributed by atoms with Gasteiger partial charge in [-0.1, -0.05) is 29.8 Å². The van der Waals surface area contributed by atoms with Gasteiger partial charge in [0.15, 0.2) is 0 Å². The Morgan fingerprint density at radius 3 is 2.72 bits per heavy atom. The molecule has 0 aliphatic heterocycles.